The molecule has 9 heterocycles. The van der Waals surface area contributed by atoms with Crippen molar-refractivity contribution in [3.05, 3.63) is 145 Å². The Hall–Kier alpha value is -6.28. The van der Waals surface area contributed by atoms with Gasteiger partial charge in [0.2, 0.25) is 22.8 Å². The Morgan fingerprint density at radius 3 is 0.811 bits per heavy atom. The standard InChI is InChI=1S/C65H78N8.Mn/c1-5-9-13-17-25-45-73-49-29-21-33-61(73)65-56-40-38-54(68-56)63(59-31-19-27-47-71(59)43-23-15-11-7-3)52-36-34-50(66-52)62(58-30-18-26-46-70(58)42-22-14-10-6-2)51-35-37-53(67-51)64(55-39-41-57(65)69-55)60-32-20-28-48-72(60)44-24-16-12-8-4;/h18-21,26-41,46-49H,5-17,22-25,42-45H2,1-4H3;/q+2;+3. The van der Waals surface area contributed by atoms with E-state index in [-0.39, 0.29) is 17.1 Å². The first-order chi connectivity index (χ1) is 36.1. The van der Waals surface area contributed by atoms with Gasteiger partial charge in [-0.1, -0.05) is 110 Å². The van der Waals surface area contributed by atoms with Gasteiger partial charge >= 0.3 is 17.1 Å². The molecule has 8 nitrogen and oxygen atoms in total. The Balaban J connectivity index is 0.00000729. The molecule has 0 aromatic carbocycles. The first-order valence-corrected chi connectivity index (χ1v) is 28.1. The molecule has 74 heavy (non-hydrogen) atoms. The molecule has 9 heteroatoms. The zero-order chi connectivity index (χ0) is 50.2. The molecule has 0 saturated carbocycles. The Labute approximate surface area is 451 Å². The Morgan fingerprint density at radius 2 is 0.554 bits per heavy atom. The van der Waals surface area contributed by atoms with Gasteiger partial charge in [0.1, 0.15) is 26.2 Å². The van der Waals surface area contributed by atoms with Crippen LogP contribution in [0.2, 0.25) is 0 Å². The SMILES string of the molecule is CCCCCCC[n+]1ccccc1-c1c2nc(c(-c3cccc[n+]3CCCCCC)c3ccc([n-]3)c(-c3cccc[n+]3CCCCCC)c3nc(c(-c4cccc[n+]4CCCCCC)c4ccc1[n-]4)C=C3)C=C2.[Mn+3]. The van der Waals surface area contributed by atoms with Crippen LogP contribution in [0.25, 0.3) is 91.4 Å². The molecular formula is C65H78MnN8+5. The van der Waals surface area contributed by atoms with Crippen molar-refractivity contribution < 1.29 is 35.3 Å². The maximum absolute atomic E-state index is 5.71. The molecule has 8 bridgehead atoms. The fourth-order valence-electron chi connectivity index (χ4n) is 10.7. The van der Waals surface area contributed by atoms with Gasteiger partial charge in [0, 0.05) is 74.2 Å². The van der Waals surface area contributed by atoms with Gasteiger partial charge in [-0.2, -0.15) is 18.3 Å². The molecular weight excluding hydrogens is 948 g/mol. The number of hydrogen-bond donors (Lipinski definition) is 0. The molecule has 0 spiro atoms. The molecule has 9 rings (SSSR count). The number of fused-ring (bicyclic) bond motifs is 8. The van der Waals surface area contributed by atoms with Gasteiger partial charge in [0.05, 0.1) is 45.0 Å². The Bertz CT molecular complexity index is 3140. The van der Waals surface area contributed by atoms with E-state index < -0.39 is 0 Å². The number of rotatable bonds is 25. The predicted octanol–water partition coefficient (Wildman–Crippen LogP) is 14.4. The normalized spacial score (nSPS) is 11.9. The van der Waals surface area contributed by atoms with E-state index in [9.17, 15) is 0 Å². The zero-order valence-electron chi connectivity index (χ0n) is 44.7. The topological polar surface area (TPSA) is 69.5 Å². The summed E-state index contributed by atoms with van der Waals surface area (Å²) in [5, 5.41) is 0. The quantitative estimate of drug-likeness (QED) is 0.0325. The van der Waals surface area contributed by atoms with Gasteiger partial charge in [0.25, 0.3) is 0 Å². The van der Waals surface area contributed by atoms with E-state index in [0.717, 1.165) is 142 Å². The fourth-order valence-corrected chi connectivity index (χ4v) is 10.7. The number of hydrogen-bond acceptors (Lipinski definition) is 2. The number of aryl methyl sites for hydroxylation is 4. The molecule has 2 aliphatic rings. The van der Waals surface area contributed by atoms with E-state index in [2.05, 4.69) is 192 Å². The third-order valence-electron chi connectivity index (χ3n) is 14.7. The van der Waals surface area contributed by atoms with E-state index >= 15 is 0 Å². The summed E-state index contributed by atoms with van der Waals surface area (Å²) in [4.78, 5) is 22.8. The molecule has 0 atom stereocenters. The van der Waals surface area contributed by atoms with E-state index in [1.54, 1.807) is 0 Å². The molecule has 2 aliphatic heterocycles. The Kier molecular flexibility index (Phi) is 19.9. The minimum Gasteiger partial charge on any atom is -0.656 e. The van der Waals surface area contributed by atoms with Gasteiger partial charge in [-0.15, -0.1) is 22.1 Å². The molecule has 0 fully saturated rings. The van der Waals surface area contributed by atoms with Crippen LogP contribution in [0, 0.1) is 0 Å². The molecule has 0 N–H and O–H groups in total. The summed E-state index contributed by atoms with van der Waals surface area (Å²) >= 11 is 0. The summed E-state index contributed by atoms with van der Waals surface area (Å²) in [6.07, 6.45) is 38.0. The maximum Gasteiger partial charge on any atom is 3.00 e. The summed E-state index contributed by atoms with van der Waals surface area (Å²) in [7, 11) is 0. The van der Waals surface area contributed by atoms with E-state index in [1.165, 1.54) is 83.5 Å². The van der Waals surface area contributed by atoms with Gasteiger partial charge in [-0.3, -0.25) is 0 Å². The minimum absolute atomic E-state index is 0. The van der Waals surface area contributed by atoms with Gasteiger partial charge in [-0.25, -0.2) is 9.97 Å². The van der Waals surface area contributed by atoms with Crippen molar-refractivity contribution in [3.8, 4) is 45.0 Å². The molecule has 0 unspecified atom stereocenters. The molecule has 0 saturated heterocycles. The van der Waals surface area contributed by atoms with Crippen molar-refractivity contribution in [2.45, 2.75) is 163 Å². The summed E-state index contributed by atoms with van der Waals surface area (Å²) < 4.78 is 9.67. The van der Waals surface area contributed by atoms with Crippen molar-refractivity contribution in [3.63, 3.8) is 0 Å². The largest absolute Gasteiger partial charge is 3.00 e. The second-order valence-electron chi connectivity index (χ2n) is 20.1. The summed E-state index contributed by atoms with van der Waals surface area (Å²) in [6, 6.07) is 35.1. The van der Waals surface area contributed by atoms with Crippen LogP contribution in [-0.4, -0.2) is 9.97 Å². The maximum atomic E-state index is 5.71. The monoisotopic (exact) mass is 1030 g/mol. The van der Waals surface area contributed by atoms with Crippen molar-refractivity contribution in [2.75, 3.05) is 0 Å². The third kappa shape index (κ3) is 12.8. The Morgan fingerprint density at radius 1 is 0.311 bits per heavy atom. The molecule has 7 aromatic rings. The van der Waals surface area contributed by atoms with Gasteiger partial charge in [-0.05, 0) is 74.3 Å². The van der Waals surface area contributed by atoms with Crippen molar-refractivity contribution in [1.29, 1.82) is 0 Å². The number of unbranched alkanes of at least 4 members (excludes halogenated alkanes) is 13. The van der Waals surface area contributed by atoms with E-state index in [4.69, 9.17) is 19.9 Å². The molecule has 7 aromatic heterocycles. The van der Waals surface area contributed by atoms with Crippen LogP contribution >= 0.6 is 0 Å². The first-order valence-electron chi connectivity index (χ1n) is 28.1. The van der Waals surface area contributed by atoms with Gasteiger partial charge < -0.3 is 9.97 Å². The average Bonchev–Trinajstić information content (AvgIpc) is 4.28. The second kappa shape index (κ2) is 27.3. The third-order valence-corrected chi connectivity index (χ3v) is 14.7. The van der Waals surface area contributed by atoms with Crippen molar-refractivity contribution in [1.82, 2.24) is 19.9 Å². The number of nitrogens with zero attached hydrogens (tertiary/aromatic N) is 8. The van der Waals surface area contributed by atoms with E-state index in [1.807, 2.05) is 0 Å². The van der Waals surface area contributed by atoms with Crippen LogP contribution in [0.15, 0.2) is 122 Å². The van der Waals surface area contributed by atoms with Crippen LogP contribution in [0.5, 0.6) is 0 Å². The second-order valence-corrected chi connectivity index (χ2v) is 20.1. The minimum atomic E-state index is 0. The van der Waals surface area contributed by atoms with E-state index in [0.29, 0.717) is 0 Å². The summed E-state index contributed by atoms with van der Waals surface area (Å²) in [5.74, 6) is 0. The van der Waals surface area contributed by atoms with Crippen LogP contribution in [-0.2, 0) is 43.2 Å². The number of pyridine rings is 4. The van der Waals surface area contributed by atoms with Crippen LogP contribution < -0.4 is 28.2 Å². The van der Waals surface area contributed by atoms with Gasteiger partial charge in [0.15, 0.2) is 24.8 Å². The first kappa shape index (κ1) is 54.0. The zero-order valence-corrected chi connectivity index (χ0v) is 45.8. The molecule has 380 valence electrons. The van der Waals surface area contributed by atoms with Crippen LogP contribution in [0.4, 0.5) is 0 Å². The summed E-state index contributed by atoms with van der Waals surface area (Å²) in [6.45, 7) is 12.8. The predicted molar refractivity (Wildman–Crippen MR) is 301 cm³/mol. The smallest absolute Gasteiger partial charge is 0.656 e. The van der Waals surface area contributed by atoms with Crippen molar-refractivity contribution >= 4 is 46.4 Å². The molecule has 0 radical (unpaired) electrons. The average molecular weight is 1030 g/mol. The molecule has 0 amide bonds. The van der Waals surface area contributed by atoms with Crippen LogP contribution in [0.3, 0.4) is 0 Å². The van der Waals surface area contributed by atoms with Crippen molar-refractivity contribution in [2.24, 2.45) is 0 Å². The number of aromatic nitrogens is 8. The summed E-state index contributed by atoms with van der Waals surface area (Å²) in [5.41, 5.74) is 15.7. The molecule has 0 aliphatic carbocycles. The fraction of sp³-hybridized carbons (Fsp3) is 0.385. The van der Waals surface area contributed by atoms with Crippen LogP contribution in [0.1, 0.15) is 160 Å².